The summed E-state index contributed by atoms with van der Waals surface area (Å²) in [7, 11) is 0. The van der Waals surface area contributed by atoms with Gasteiger partial charge in [-0.1, -0.05) is 27.2 Å². The monoisotopic (exact) mass is 350 g/mol. The van der Waals surface area contributed by atoms with Crippen LogP contribution in [0, 0.1) is 0 Å². The van der Waals surface area contributed by atoms with E-state index in [4.69, 9.17) is 20.4 Å². The molecule has 2 aromatic carbocycles. The third kappa shape index (κ3) is 3.88. The van der Waals surface area contributed by atoms with Gasteiger partial charge in [0.2, 0.25) is 0 Å². The van der Waals surface area contributed by atoms with Crippen LogP contribution in [-0.4, -0.2) is 17.6 Å². The molecule has 0 heterocycles. The van der Waals surface area contributed by atoms with Crippen LogP contribution in [0.15, 0.2) is 52.1 Å². The third-order valence-corrected chi connectivity index (χ3v) is 3.16. The molecule has 3 N–H and O–H groups in total. The molecular formula is C15H15BrN2O3. The standard InChI is InChI=1S/C15H15BrN2O3/c1-2-20-11-4-3-5-12(9-11)21-14-8-10(16)6-7-13(14)15(17)18-19/h3-9,19H,2H2,1H3,(H2,17,18). The number of nitrogens with two attached hydrogens (primary N) is 1. The molecule has 0 aliphatic rings. The molecule has 110 valence electrons. The van der Waals surface area contributed by atoms with E-state index in [-0.39, 0.29) is 5.84 Å². The number of nitrogens with zero attached hydrogens (tertiary/aromatic N) is 1. The summed E-state index contributed by atoms with van der Waals surface area (Å²) in [5.41, 5.74) is 6.16. The molecule has 6 heteroatoms. The van der Waals surface area contributed by atoms with E-state index in [0.717, 1.165) is 10.2 Å². The maximum atomic E-state index is 8.84. The minimum absolute atomic E-state index is 0.0153. The molecule has 0 spiro atoms. The lowest BCUT2D eigenvalue weighted by Crippen LogP contribution is -2.14. The van der Waals surface area contributed by atoms with Gasteiger partial charge in [0.15, 0.2) is 5.84 Å². The smallest absolute Gasteiger partial charge is 0.173 e. The molecule has 5 nitrogen and oxygen atoms in total. The zero-order chi connectivity index (χ0) is 15.2. The molecule has 0 saturated heterocycles. The van der Waals surface area contributed by atoms with Gasteiger partial charge < -0.3 is 20.4 Å². The van der Waals surface area contributed by atoms with Crippen molar-refractivity contribution < 1.29 is 14.7 Å². The van der Waals surface area contributed by atoms with Crippen LogP contribution in [0.25, 0.3) is 0 Å². The third-order valence-electron chi connectivity index (χ3n) is 2.67. The summed E-state index contributed by atoms with van der Waals surface area (Å²) < 4.78 is 12.1. The lowest BCUT2D eigenvalue weighted by molar-refractivity contribution is 0.318. The minimum Gasteiger partial charge on any atom is -0.494 e. The van der Waals surface area contributed by atoms with Gasteiger partial charge in [-0.2, -0.15) is 0 Å². The molecule has 0 radical (unpaired) electrons. The molecule has 2 rings (SSSR count). The minimum atomic E-state index is -0.0153. The summed E-state index contributed by atoms with van der Waals surface area (Å²) in [6.07, 6.45) is 0. The Morgan fingerprint density at radius 2 is 2.00 bits per heavy atom. The van der Waals surface area contributed by atoms with Crippen LogP contribution in [0.5, 0.6) is 17.2 Å². The molecule has 0 amide bonds. The van der Waals surface area contributed by atoms with E-state index in [9.17, 15) is 0 Å². The lowest BCUT2D eigenvalue weighted by atomic mass is 10.2. The van der Waals surface area contributed by atoms with Crippen LogP contribution in [0.3, 0.4) is 0 Å². The zero-order valence-corrected chi connectivity index (χ0v) is 13.0. The van der Waals surface area contributed by atoms with E-state index in [2.05, 4.69) is 21.1 Å². The quantitative estimate of drug-likeness (QED) is 0.372. The van der Waals surface area contributed by atoms with Crippen molar-refractivity contribution in [3.8, 4) is 17.2 Å². The lowest BCUT2D eigenvalue weighted by Gasteiger charge is -2.12. The van der Waals surface area contributed by atoms with Crippen LogP contribution in [0.4, 0.5) is 0 Å². The zero-order valence-electron chi connectivity index (χ0n) is 11.4. The van der Waals surface area contributed by atoms with Gasteiger partial charge in [-0.25, -0.2) is 0 Å². The molecule has 0 bridgehead atoms. The normalized spacial score (nSPS) is 11.2. The molecule has 0 fully saturated rings. The van der Waals surface area contributed by atoms with Crippen molar-refractivity contribution in [3.05, 3.63) is 52.5 Å². The van der Waals surface area contributed by atoms with E-state index in [1.54, 1.807) is 30.3 Å². The highest BCUT2D eigenvalue weighted by atomic mass is 79.9. The second kappa shape index (κ2) is 6.99. The molecule has 0 saturated carbocycles. The summed E-state index contributed by atoms with van der Waals surface area (Å²) in [5, 5.41) is 11.8. The van der Waals surface area contributed by atoms with Gasteiger partial charge in [0.05, 0.1) is 12.2 Å². The van der Waals surface area contributed by atoms with Crippen LogP contribution >= 0.6 is 15.9 Å². The summed E-state index contributed by atoms with van der Waals surface area (Å²) >= 11 is 3.37. The number of ether oxygens (including phenoxy) is 2. The van der Waals surface area contributed by atoms with Crippen LogP contribution in [-0.2, 0) is 0 Å². The number of hydrogen-bond acceptors (Lipinski definition) is 4. The Morgan fingerprint density at radius 3 is 2.71 bits per heavy atom. The SMILES string of the molecule is CCOc1cccc(Oc2cc(Br)ccc2/C(N)=N/O)c1. The van der Waals surface area contributed by atoms with E-state index in [0.29, 0.717) is 23.7 Å². The van der Waals surface area contributed by atoms with Gasteiger partial charge in [0.25, 0.3) is 0 Å². The number of halogens is 1. The largest absolute Gasteiger partial charge is 0.494 e. The Kier molecular flexibility index (Phi) is 5.05. The topological polar surface area (TPSA) is 77.1 Å². The fraction of sp³-hybridized carbons (Fsp3) is 0.133. The van der Waals surface area contributed by atoms with Crippen molar-refractivity contribution in [1.29, 1.82) is 0 Å². The molecule has 0 aliphatic heterocycles. The number of amidine groups is 1. The Bertz CT molecular complexity index is 659. The van der Waals surface area contributed by atoms with Gasteiger partial charge in [-0.3, -0.25) is 0 Å². The number of benzene rings is 2. The molecule has 0 atom stereocenters. The van der Waals surface area contributed by atoms with Gasteiger partial charge in [0.1, 0.15) is 17.2 Å². The molecule has 0 aliphatic carbocycles. The highest BCUT2D eigenvalue weighted by molar-refractivity contribution is 9.10. The van der Waals surface area contributed by atoms with Crippen LogP contribution in [0.2, 0.25) is 0 Å². The predicted molar refractivity (Wildman–Crippen MR) is 84.3 cm³/mol. The van der Waals surface area contributed by atoms with Gasteiger partial charge in [0, 0.05) is 10.5 Å². The second-order valence-corrected chi connectivity index (χ2v) is 5.05. The first-order chi connectivity index (χ1) is 10.1. The molecular weight excluding hydrogens is 336 g/mol. The summed E-state index contributed by atoms with van der Waals surface area (Å²) in [6, 6.07) is 12.5. The highest BCUT2D eigenvalue weighted by Crippen LogP contribution is 2.30. The van der Waals surface area contributed by atoms with Crippen molar-refractivity contribution in [3.63, 3.8) is 0 Å². The first-order valence-corrected chi connectivity index (χ1v) is 7.11. The van der Waals surface area contributed by atoms with Gasteiger partial charge in [-0.05, 0) is 37.3 Å². The molecule has 2 aromatic rings. The highest BCUT2D eigenvalue weighted by Gasteiger charge is 2.10. The summed E-state index contributed by atoms with van der Waals surface area (Å²) in [5.74, 6) is 1.79. The van der Waals surface area contributed by atoms with Crippen LogP contribution < -0.4 is 15.2 Å². The molecule has 21 heavy (non-hydrogen) atoms. The average molecular weight is 351 g/mol. The maximum absolute atomic E-state index is 8.84. The Balaban J connectivity index is 2.34. The number of hydrogen-bond donors (Lipinski definition) is 2. The number of rotatable bonds is 5. The van der Waals surface area contributed by atoms with E-state index < -0.39 is 0 Å². The second-order valence-electron chi connectivity index (χ2n) is 4.14. The van der Waals surface area contributed by atoms with Gasteiger partial charge >= 0.3 is 0 Å². The first kappa shape index (κ1) is 15.2. The van der Waals surface area contributed by atoms with Gasteiger partial charge in [-0.15, -0.1) is 0 Å². The van der Waals surface area contributed by atoms with E-state index in [1.165, 1.54) is 0 Å². The van der Waals surface area contributed by atoms with Crippen molar-refractivity contribution in [2.45, 2.75) is 6.92 Å². The fourth-order valence-electron chi connectivity index (χ4n) is 1.77. The number of oxime groups is 1. The fourth-order valence-corrected chi connectivity index (χ4v) is 2.11. The maximum Gasteiger partial charge on any atom is 0.173 e. The Morgan fingerprint density at radius 1 is 1.24 bits per heavy atom. The van der Waals surface area contributed by atoms with E-state index >= 15 is 0 Å². The average Bonchev–Trinajstić information content (AvgIpc) is 2.47. The van der Waals surface area contributed by atoms with Crippen LogP contribution in [0.1, 0.15) is 12.5 Å². The first-order valence-electron chi connectivity index (χ1n) is 6.32. The van der Waals surface area contributed by atoms with Crippen molar-refractivity contribution in [2.24, 2.45) is 10.9 Å². The Labute approximate surface area is 131 Å². The predicted octanol–water partition coefficient (Wildman–Crippen LogP) is 3.73. The summed E-state index contributed by atoms with van der Waals surface area (Å²) in [6.45, 7) is 2.49. The molecule has 0 aromatic heterocycles. The van der Waals surface area contributed by atoms with Crippen molar-refractivity contribution in [1.82, 2.24) is 0 Å². The van der Waals surface area contributed by atoms with Crippen molar-refractivity contribution >= 4 is 21.8 Å². The van der Waals surface area contributed by atoms with Crippen molar-refractivity contribution in [2.75, 3.05) is 6.61 Å². The Hall–Kier alpha value is -2.21. The summed E-state index contributed by atoms with van der Waals surface area (Å²) in [4.78, 5) is 0. The van der Waals surface area contributed by atoms with E-state index in [1.807, 2.05) is 19.1 Å². The molecule has 0 unspecified atom stereocenters.